The Morgan fingerprint density at radius 2 is 1.86 bits per heavy atom. The standard InChI is InChI=1S/C19H18F2N4O3S/c1-10(2)29(27,28)25-17-7-11(3-6-16(17)24-19(25)23)14(9-18(22)26)13-5-4-12(20)8-15(13)21/h3-10H,1-2H3,(H2,22,26)(H2,23,24). The van der Waals surface area contributed by atoms with Gasteiger partial charge in [-0.2, -0.15) is 0 Å². The third-order valence-corrected chi connectivity index (χ3v) is 6.39. The average Bonchev–Trinajstić information content (AvgIpc) is 2.95. The number of hydrogen-bond acceptors (Lipinski definition) is 5. The fourth-order valence-electron chi connectivity index (χ4n) is 2.89. The van der Waals surface area contributed by atoms with Gasteiger partial charge < -0.3 is 11.5 Å². The highest BCUT2D eigenvalue weighted by Gasteiger charge is 2.25. The van der Waals surface area contributed by atoms with Gasteiger partial charge in [0.2, 0.25) is 21.9 Å². The molecule has 0 aliphatic rings. The normalized spacial score (nSPS) is 12.7. The van der Waals surface area contributed by atoms with Crippen molar-refractivity contribution in [2.24, 2.45) is 5.73 Å². The maximum Gasteiger partial charge on any atom is 0.244 e. The maximum absolute atomic E-state index is 14.4. The molecule has 10 heteroatoms. The predicted molar refractivity (Wildman–Crippen MR) is 106 cm³/mol. The Morgan fingerprint density at radius 1 is 1.17 bits per heavy atom. The zero-order chi connectivity index (χ0) is 21.5. The van der Waals surface area contributed by atoms with E-state index in [1.54, 1.807) is 0 Å². The van der Waals surface area contributed by atoms with Crippen LogP contribution in [0.25, 0.3) is 16.6 Å². The number of hydrogen-bond donors (Lipinski definition) is 2. The quantitative estimate of drug-likeness (QED) is 0.614. The summed E-state index contributed by atoms with van der Waals surface area (Å²) in [7, 11) is -3.84. The predicted octanol–water partition coefficient (Wildman–Crippen LogP) is 2.40. The number of halogens is 2. The van der Waals surface area contributed by atoms with Crippen molar-refractivity contribution in [3.05, 3.63) is 65.2 Å². The van der Waals surface area contributed by atoms with Crippen molar-refractivity contribution in [1.29, 1.82) is 0 Å². The van der Waals surface area contributed by atoms with E-state index in [1.165, 1.54) is 38.1 Å². The molecule has 4 N–H and O–H groups in total. The van der Waals surface area contributed by atoms with Crippen molar-refractivity contribution in [2.45, 2.75) is 19.1 Å². The summed E-state index contributed by atoms with van der Waals surface area (Å²) in [5.74, 6) is -2.76. The molecule has 0 aliphatic heterocycles. The first-order valence-corrected chi connectivity index (χ1v) is 10.0. The van der Waals surface area contributed by atoms with Crippen LogP contribution >= 0.6 is 0 Å². The molecule has 2 aromatic carbocycles. The van der Waals surface area contributed by atoms with Gasteiger partial charge >= 0.3 is 0 Å². The van der Waals surface area contributed by atoms with Gasteiger partial charge in [-0.3, -0.25) is 4.79 Å². The number of anilines is 1. The smallest absolute Gasteiger partial charge is 0.244 e. The zero-order valence-electron chi connectivity index (χ0n) is 15.6. The van der Waals surface area contributed by atoms with Crippen LogP contribution < -0.4 is 11.5 Å². The van der Waals surface area contributed by atoms with Crippen molar-refractivity contribution in [3.63, 3.8) is 0 Å². The lowest BCUT2D eigenvalue weighted by Crippen LogP contribution is -2.23. The number of primary amides is 1. The van der Waals surface area contributed by atoms with Gasteiger partial charge in [0.25, 0.3) is 0 Å². The molecule has 0 atom stereocenters. The molecule has 0 saturated carbocycles. The Kier molecular flexibility index (Phi) is 5.14. The Balaban J connectivity index is 2.31. The lowest BCUT2D eigenvalue weighted by molar-refractivity contribution is -0.113. The molecule has 0 radical (unpaired) electrons. The number of nitrogen functional groups attached to an aromatic ring is 1. The molecule has 7 nitrogen and oxygen atoms in total. The minimum atomic E-state index is -3.84. The Labute approximate surface area is 165 Å². The van der Waals surface area contributed by atoms with Crippen molar-refractivity contribution < 1.29 is 22.0 Å². The van der Waals surface area contributed by atoms with Crippen molar-refractivity contribution >= 4 is 38.5 Å². The second kappa shape index (κ2) is 7.28. The van der Waals surface area contributed by atoms with Crippen LogP contribution in [0.5, 0.6) is 0 Å². The van der Waals surface area contributed by atoms with Gasteiger partial charge in [-0.1, -0.05) is 6.07 Å². The van der Waals surface area contributed by atoms with E-state index in [2.05, 4.69) is 4.98 Å². The molecule has 0 unspecified atom stereocenters. The molecule has 0 fully saturated rings. The molecule has 0 bridgehead atoms. The number of carbonyl (C=O) groups is 1. The van der Waals surface area contributed by atoms with E-state index in [9.17, 15) is 22.0 Å². The van der Waals surface area contributed by atoms with Gasteiger partial charge in [0.05, 0.1) is 16.3 Å². The van der Waals surface area contributed by atoms with Gasteiger partial charge in [0.1, 0.15) is 11.6 Å². The maximum atomic E-state index is 14.4. The third-order valence-electron chi connectivity index (χ3n) is 4.31. The number of aromatic nitrogens is 2. The molecule has 1 amide bonds. The summed E-state index contributed by atoms with van der Waals surface area (Å²) in [4.78, 5) is 15.6. The lowest BCUT2D eigenvalue weighted by Gasteiger charge is -2.13. The van der Waals surface area contributed by atoms with Gasteiger partial charge in [-0.05, 0) is 49.2 Å². The molecule has 152 valence electrons. The molecular formula is C19H18F2N4O3S. The van der Waals surface area contributed by atoms with E-state index >= 15 is 0 Å². The van der Waals surface area contributed by atoms with Crippen LogP contribution in [-0.4, -0.2) is 28.5 Å². The van der Waals surface area contributed by atoms with E-state index in [4.69, 9.17) is 11.5 Å². The van der Waals surface area contributed by atoms with Crippen molar-refractivity contribution in [3.8, 4) is 0 Å². The number of rotatable bonds is 5. The van der Waals surface area contributed by atoms with E-state index < -0.39 is 32.8 Å². The molecule has 1 heterocycles. The van der Waals surface area contributed by atoms with Crippen molar-refractivity contribution in [1.82, 2.24) is 8.96 Å². The van der Waals surface area contributed by atoms with E-state index in [0.717, 1.165) is 16.1 Å². The minimum absolute atomic E-state index is 0.0603. The number of benzene rings is 2. The summed E-state index contributed by atoms with van der Waals surface area (Å²) in [5.41, 5.74) is 11.8. The van der Waals surface area contributed by atoms with Gasteiger partial charge in [0.15, 0.2) is 0 Å². The molecule has 3 aromatic rings. The van der Waals surface area contributed by atoms with Crippen LogP contribution in [-0.2, 0) is 14.8 Å². The second-order valence-corrected chi connectivity index (χ2v) is 8.95. The molecular weight excluding hydrogens is 402 g/mol. The third kappa shape index (κ3) is 3.70. The average molecular weight is 420 g/mol. The zero-order valence-corrected chi connectivity index (χ0v) is 16.4. The molecule has 0 saturated heterocycles. The van der Waals surface area contributed by atoms with Gasteiger partial charge in [0, 0.05) is 17.7 Å². The Hall–Kier alpha value is -3.27. The first-order chi connectivity index (χ1) is 13.5. The second-order valence-electron chi connectivity index (χ2n) is 6.62. The number of nitrogens with two attached hydrogens (primary N) is 2. The summed E-state index contributed by atoms with van der Waals surface area (Å²) < 4.78 is 54.0. The van der Waals surface area contributed by atoms with Crippen LogP contribution in [0.4, 0.5) is 14.7 Å². The molecule has 0 spiro atoms. The number of fused-ring (bicyclic) bond motifs is 1. The van der Waals surface area contributed by atoms with Crippen LogP contribution in [0.2, 0.25) is 0 Å². The van der Waals surface area contributed by atoms with Crippen LogP contribution in [0, 0.1) is 11.6 Å². The highest BCUT2D eigenvalue weighted by atomic mass is 32.2. The van der Waals surface area contributed by atoms with Crippen LogP contribution in [0.15, 0.2) is 42.5 Å². The van der Waals surface area contributed by atoms with E-state index in [0.29, 0.717) is 11.6 Å². The number of amides is 1. The highest BCUT2D eigenvalue weighted by Crippen LogP contribution is 2.30. The van der Waals surface area contributed by atoms with Gasteiger partial charge in [-0.25, -0.2) is 26.2 Å². The molecule has 3 rings (SSSR count). The minimum Gasteiger partial charge on any atom is -0.368 e. The molecule has 0 aliphatic carbocycles. The van der Waals surface area contributed by atoms with Crippen molar-refractivity contribution in [2.75, 3.05) is 5.73 Å². The largest absolute Gasteiger partial charge is 0.368 e. The van der Waals surface area contributed by atoms with Crippen LogP contribution in [0.3, 0.4) is 0 Å². The fourth-order valence-corrected chi connectivity index (χ4v) is 4.03. The Morgan fingerprint density at radius 3 is 2.45 bits per heavy atom. The van der Waals surface area contributed by atoms with Gasteiger partial charge in [-0.15, -0.1) is 0 Å². The first-order valence-electron chi connectivity index (χ1n) is 8.51. The summed E-state index contributed by atoms with van der Waals surface area (Å²) in [6, 6.07) is 7.30. The Bertz CT molecular complexity index is 1260. The monoisotopic (exact) mass is 420 g/mol. The summed E-state index contributed by atoms with van der Waals surface area (Å²) >= 11 is 0. The van der Waals surface area contributed by atoms with E-state index in [-0.39, 0.29) is 28.2 Å². The number of carbonyl (C=O) groups excluding carboxylic acids is 1. The number of imidazole rings is 1. The summed E-state index contributed by atoms with van der Waals surface area (Å²) in [5, 5.41) is -0.777. The number of nitrogens with zero attached hydrogens (tertiary/aromatic N) is 2. The first kappa shape index (κ1) is 20.5. The lowest BCUT2D eigenvalue weighted by atomic mass is 9.96. The van der Waals surface area contributed by atoms with Crippen LogP contribution in [0.1, 0.15) is 25.0 Å². The summed E-state index contributed by atoms with van der Waals surface area (Å²) in [6.45, 7) is 2.99. The molecule has 29 heavy (non-hydrogen) atoms. The topological polar surface area (TPSA) is 121 Å². The summed E-state index contributed by atoms with van der Waals surface area (Å²) in [6.07, 6.45) is 0.985. The molecule has 1 aromatic heterocycles. The highest BCUT2D eigenvalue weighted by molar-refractivity contribution is 7.90. The SMILES string of the molecule is CC(C)S(=O)(=O)n1c(N)nc2ccc(C(=CC(N)=O)c3ccc(F)cc3F)cc21. The van der Waals surface area contributed by atoms with E-state index in [1.807, 2.05) is 0 Å². The fraction of sp³-hybridized carbons (Fsp3) is 0.158.